The molecule has 0 fully saturated rings. The maximum Gasteiger partial charge on any atom is 0.218 e. The largest absolute Gasteiger partial charge is 0.370 e. The van der Waals surface area contributed by atoms with E-state index in [4.69, 9.17) is 5.73 Å². The van der Waals surface area contributed by atoms with Crippen molar-refractivity contribution in [2.45, 2.75) is 11.4 Å². The number of rotatable bonds is 4. The molecule has 14 heavy (non-hydrogen) atoms. The molecule has 1 heterocycles. The molecule has 0 spiro atoms. The molecule has 0 saturated carbocycles. The molecule has 0 aliphatic heterocycles. The number of aromatic amines is 1. The van der Waals surface area contributed by atoms with Crippen LogP contribution in [-0.4, -0.2) is 25.6 Å². The third kappa shape index (κ3) is 2.88. The first-order valence-corrected chi connectivity index (χ1v) is 5.79. The third-order valence-corrected chi connectivity index (χ3v) is 2.65. The van der Waals surface area contributed by atoms with Crippen LogP contribution in [0.4, 0.5) is 0 Å². The Hall–Kier alpha value is -1.30. The van der Waals surface area contributed by atoms with Crippen LogP contribution in [0.5, 0.6) is 0 Å². The highest BCUT2D eigenvalue weighted by Crippen LogP contribution is 2.12. The van der Waals surface area contributed by atoms with Gasteiger partial charge < -0.3 is 10.7 Å². The lowest BCUT2D eigenvalue weighted by molar-refractivity contribution is -0.117. The Balaban J connectivity index is 2.74. The maximum absolute atomic E-state index is 11.0. The van der Waals surface area contributed by atoms with Gasteiger partial charge in [-0.05, 0) is 11.6 Å². The van der Waals surface area contributed by atoms with Crippen LogP contribution in [0.1, 0.15) is 12.0 Å². The predicted molar refractivity (Wildman–Crippen MR) is 51.1 cm³/mol. The van der Waals surface area contributed by atoms with E-state index < -0.39 is 15.7 Å². The van der Waals surface area contributed by atoms with E-state index in [-0.39, 0.29) is 11.4 Å². The number of nitrogens with one attached hydrogen (secondary N) is 1. The minimum atomic E-state index is -3.21. The van der Waals surface area contributed by atoms with E-state index in [2.05, 4.69) is 4.98 Å². The van der Waals surface area contributed by atoms with Crippen LogP contribution >= 0.6 is 0 Å². The van der Waals surface area contributed by atoms with Crippen LogP contribution < -0.4 is 5.73 Å². The Labute approximate surface area is 82.2 Å². The number of carbonyl (C=O) groups excluding carboxylic acids is 1. The van der Waals surface area contributed by atoms with Gasteiger partial charge in [0.15, 0.2) is 9.84 Å². The van der Waals surface area contributed by atoms with Gasteiger partial charge in [-0.3, -0.25) is 4.79 Å². The lowest BCUT2D eigenvalue weighted by atomic mass is 10.2. The molecule has 3 N–H and O–H groups in total. The zero-order valence-electron chi connectivity index (χ0n) is 7.65. The number of amides is 1. The van der Waals surface area contributed by atoms with Gasteiger partial charge in [0.1, 0.15) is 5.03 Å². The lowest BCUT2D eigenvalue weighted by Crippen LogP contribution is -2.09. The average molecular weight is 215 g/mol. The number of sulfone groups is 1. The molecular formula is C8H11N2O3S. The highest BCUT2D eigenvalue weighted by Gasteiger charge is 2.09. The molecule has 1 amide bonds. The molecule has 6 heteroatoms. The Bertz CT molecular complexity index is 433. The molecule has 77 valence electrons. The van der Waals surface area contributed by atoms with Crippen molar-refractivity contribution in [3.05, 3.63) is 24.2 Å². The summed E-state index contributed by atoms with van der Waals surface area (Å²) in [6.45, 7) is 0. The fourth-order valence-corrected chi connectivity index (χ4v) is 1.56. The molecule has 0 atom stereocenters. The van der Waals surface area contributed by atoms with Gasteiger partial charge in [0.05, 0.1) is 0 Å². The van der Waals surface area contributed by atoms with E-state index in [1.54, 1.807) is 6.42 Å². The monoisotopic (exact) mass is 215 g/mol. The lowest BCUT2D eigenvalue weighted by Gasteiger charge is -1.91. The SMILES string of the molecule is CS(=O)(=O)c1cc([CH]CC(N)=O)c[nH]1. The molecule has 5 nitrogen and oxygen atoms in total. The van der Waals surface area contributed by atoms with E-state index in [0.717, 1.165) is 6.26 Å². The van der Waals surface area contributed by atoms with Gasteiger partial charge >= 0.3 is 0 Å². The first-order valence-electron chi connectivity index (χ1n) is 3.89. The Morgan fingerprint density at radius 2 is 2.29 bits per heavy atom. The van der Waals surface area contributed by atoms with Crippen LogP contribution in [0.25, 0.3) is 0 Å². The number of nitrogens with two attached hydrogens (primary N) is 1. The van der Waals surface area contributed by atoms with E-state index >= 15 is 0 Å². The summed E-state index contributed by atoms with van der Waals surface area (Å²) in [5.41, 5.74) is 5.58. The minimum absolute atomic E-state index is 0.0983. The number of aromatic nitrogens is 1. The summed E-state index contributed by atoms with van der Waals surface area (Å²) in [6.07, 6.45) is 4.28. The highest BCUT2D eigenvalue weighted by molar-refractivity contribution is 7.90. The van der Waals surface area contributed by atoms with Gasteiger partial charge in [-0.1, -0.05) is 0 Å². The van der Waals surface area contributed by atoms with E-state index in [0.29, 0.717) is 5.56 Å². The normalized spacial score (nSPS) is 11.5. The van der Waals surface area contributed by atoms with Crippen LogP contribution in [-0.2, 0) is 14.6 Å². The van der Waals surface area contributed by atoms with Crippen LogP contribution in [0.3, 0.4) is 0 Å². The zero-order chi connectivity index (χ0) is 10.8. The standard InChI is InChI=1S/C8H11N2O3S/c1-14(12,13)8-4-6(5-10-8)2-3-7(9)11/h2,4-5,10H,3H2,1H3,(H2,9,11). The molecule has 0 aliphatic carbocycles. The summed E-state index contributed by atoms with van der Waals surface area (Å²) in [5.74, 6) is -0.452. The first kappa shape index (κ1) is 10.8. The second kappa shape index (κ2) is 3.83. The highest BCUT2D eigenvalue weighted by atomic mass is 32.2. The Kier molecular flexibility index (Phi) is 2.95. The second-order valence-corrected chi connectivity index (χ2v) is 4.93. The molecule has 1 radical (unpaired) electrons. The molecule has 1 aromatic rings. The van der Waals surface area contributed by atoms with Crippen molar-refractivity contribution < 1.29 is 13.2 Å². The molecular weight excluding hydrogens is 204 g/mol. The predicted octanol–water partition coefficient (Wildman–Crippen LogP) is -0.154. The molecule has 0 unspecified atom stereocenters. The van der Waals surface area contributed by atoms with Gasteiger partial charge in [-0.25, -0.2) is 8.42 Å². The van der Waals surface area contributed by atoms with Crippen molar-refractivity contribution in [1.82, 2.24) is 4.98 Å². The topological polar surface area (TPSA) is 93.0 Å². The summed E-state index contributed by atoms with van der Waals surface area (Å²) >= 11 is 0. The van der Waals surface area contributed by atoms with Crippen molar-refractivity contribution >= 4 is 15.7 Å². The summed E-state index contributed by atoms with van der Waals surface area (Å²) in [4.78, 5) is 13.0. The number of hydrogen-bond acceptors (Lipinski definition) is 3. The van der Waals surface area contributed by atoms with E-state index in [9.17, 15) is 13.2 Å². The van der Waals surface area contributed by atoms with Crippen LogP contribution in [0.2, 0.25) is 0 Å². The quantitative estimate of drug-likeness (QED) is 0.731. The van der Waals surface area contributed by atoms with Crippen molar-refractivity contribution in [3.8, 4) is 0 Å². The number of hydrogen-bond donors (Lipinski definition) is 2. The van der Waals surface area contributed by atoms with Crippen LogP contribution in [0, 0.1) is 6.42 Å². The summed E-state index contributed by atoms with van der Waals surface area (Å²) in [7, 11) is -3.21. The second-order valence-electron chi connectivity index (χ2n) is 2.94. The number of carbonyl (C=O) groups is 1. The van der Waals surface area contributed by atoms with Crippen molar-refractivity contribution in [1.29, 1.82) is 0 Å². The fourth-order valence-electron chi connectivity index (χ4n) is 0.940. The van der Waals surface area contributed by atoms with Crippen molar-refractivity contribution in [2.75, 3.05) is 6.26 Å². The van der Waals surface area contributed by atoms with Gasteiger partial charge in [-0.15, -0.1) is 0 Å². The molecule has 0 aromatic carbocycles. The molecule has 1 aromatic heterocycles. The van der Waals surface area contributed by atoms with E-state index in [1.807, 2.05) is 0 Å². The molecule has 0 bridgehead atoms. The Morgan fingerprint density at radius 1 is 1.64 bits per heavy atom. The van der Waals surface area contributed by atoms with E-state index in [1.165, 1.54) is 12.3 Å². The molecule has 0 saturated heterocycles. The minimum Gasteiger partial charge on any atom is -0.370 e. The average Bonchev–Trinajstić information content (AvgIpc) is 2.47. The smallest absolute Gasteiger partial charge is 0.218 e. The Morgan fingerprint density at radius 3 is 2.71 bits per heavy atom. The van der Waals surface area contributed by atoms with Gasteiger partial charge in [0.2, 0.25) is 5.91 Å². The van der Waals surface area contributed by atoms with Gasteiger partial charge in [-0.2, -0.15) is 0 Å². The van der Waals surface area contributed by atoms with Crippen molar-refractivity contribution in [2.24, 2.45) is 5.73 Å². The summed E-state index contributed by atoms with van der Waals surface area (Å²) in [5, 5.41) is 0.133. The third-order valence-electron chi connectivity index (χ3n) is 1.62. The first-order chi connectivity index (χ1) is 6.39. The molecule has 0 aliphatic rings. The zero-order valence-corrected chi connectivity index (χ0v) is 8.47. The van der Waals surface area contributed by atoms with Crippen LogP contribution in [0.15, 0.2) is 17.3 Å². The van der Waals surface area contributed by atoms with Crippen molar-refractivity contribution in [3.63, 3.8) is 0 Å². The number of primary amides is 1. The van der Waals surface area contributed by atoms with Gasteiger partial charge in [0, 0.05) is 25.3 Å². The maximum atomic E-state index is 11.0. The number of H-pyrrole nitrogens is 1. The fraction of sp³-hybridized carbons (Fsp3) is 0.250. The molecule has 1 rings (SSSR count). The summed E-state index contributed by atoms with van der Waals surface area (Å²) < 4.78 is 22.1. The summed E-state index contributed by atoms with van der Waals surface area (Å²) in [6, 6.07) is 1.46. The van der Waals surface area contributed by atoms with Gasteiger partial charge in [0.25, 0.3) is 0 Å².